The molecule has 0 bridgehead atoms. The Labute approximate surface area is 96.5 Å². The van der Waals surface area contributed by atoms with Gasteiger partial charge in [-0.1, -0.05) is 12.2 Å². The number of allylic oxidation sites excluding steroid dienone is 1. The lowest BCUT2D eigenvalue weighted by Crippen LogP contribution is -2.49. The Bertz CT molecular complexity index is 283. The van der Waals surface area contributed by atoms with Gasteiger partial charge in [0.1, 0.15) is 0 Å². The number of carboxylic acids is 1. The van der Waals surface area contributed by atoms with Gasteiger partial charge in [-0.3, -0.25) is 9.69 Å². The first-order chi connectivity index (χ1) is 7.66. The number of nitrogens with zero attached hydrogens (tertiary/aromatic N) is 2. The molecular formula is C12H20N2O2. The van der Waals surface area contributed by atoms with E-state index in [0.717, 1.165) is 32.6 Å². The quantitative estimate of drug-likeness (QED) is 0.700. The Morgan fingerprint density at radius 2 is 2.00 bits per heavy atom. The largest absolute Gasteiger partial charge is 0.481 e. The first kappa shape index (κ1) is 11.6. The van der Waals surface area contributed by atoms with E-state index in [2.05, 4.69) is 22.9 Å². The highest BCUT2D eigenvalue weighted by atomic mass is 16.4. The molecule has 0 amide bonds. The van der Waals surface area contributed by atoms with Gasteiger partial charge >= 0.3 is 5.97 Å². The summed E-state index contributed by atoms with van der Waals surface area (Å²) in [6.07, 6.45) is 5.69. The highest BCUT2D eigenvalue weighted by Crippen LogP contribution is 2.23. The van der Waals surface area contributed by atoms with E-state index in [1.165, 1.54) is 0 Å². The molecule has 0 aromatic carbocycles. The zero-order valence-corrected chi connectivity index (χ0v) is 9.80. The monoisotopic (exact) mass is 224 g/mol. The first-order valence-corrected chi connectivity index (χ1v) is 5.99. The molecule has 0 radical (unpaired) electrons. The van der Waals surface area contributed by atoms with E-state index >= 15 is 0 Å². The first-order valence-electron chi connectivity index (χ1n) is 5.99. The zero-order chi connectivity index (χ0) is 11.5. The van der Waals surface area contributed by atoms with Crippen molar-refractivity contribution in [3.8, 4) is 0 Å². The Morgan fingerprint density at radius 3 is 2.62 bits per heavy atom. The molecule has 0 aromatic rings. The summed E-state index contributed by atoms with van der Waals surface area (Å²) in [6.45, 7) is 4.28. The SMILES string of the molecule is CN1CCN(C2C=CC[C@H](C(=O)O)C2)CC1. The van der Waals surface area contributed by atoms with Crippen LogP contribution in [0.3, 0.4) is 0 Å². The lowest BCUT2D eigenvalue weighted by atomic mass is 9.90. The van der Waals surface area contributed by atoms with Crippen molar-refractivity contribution in [2.75, 3.05) is 33.2 Å². The van der Waals surface area contributed by atoms with E-state index in [9.17, 15) is 4.79 Å². The predicted molar refractivity (Wildman–Crippen MR) is 62.4 cm³/mol. The minimum Gasteiger partial charge on any atom is -0.481 e. The van der Waals surface area contributed by atoms with Gasteiger partial charge in [-0.05, 0) is 19.9 Å². The van der Waals surface area contributed by atoms with E-state index in [4.69, 9.17) is 5.11 Å². The number of piperazine rings is 1. The molecule has 1 saturated heterocycles. The molecule has 1 heterocycles. The van der Waals surface area contributed by atoms with Crippen LogP contribution in [0.15, 0.2) is 12.2 Å². The minimum atomic E-state index is -0.650. The molecule has 1 unspecified atom stereocenters. The molecule has 4 nitrogen and oxygen atoms in total. The van der Waals surface area contributed by atoms with Gasteiger partial charge < -0.3 is 10.0 Å². The van der Waals surface area contributed by atoms with Crippen LogP contribution in [0.5, 0.6) is 0 Å². The molecule has 1 N–H and O–H groups in total. The summed E-state index contributed by atoms with van der Waals surface area (Å²) < 4.78 is 0. The molecule has 0 saturated carbocycles. The molecule has 4 heteroatoms. The fourth-order valence-corrected chi connectivity index (χ4v) is 2.49. The molecule has 2 aliphatic rings. The second kappa shape index (κ2) is 4.97. The molecule has 1 aliphatic heterocycles. The highest BCUT2D eigenvalue weighted by molar-refractivity contribution is 5.70. The number of carbonyl (C=O) groups is 1. The standard InChI is InChI=1S/C12H20N2O2/c1-13-5-7-14(8-6-13)11-4-2-3-10(9-11)12(15)16/h2,4,10-11H,3,5-9H2,1H3,(H,15,16)/t10-,11?/m0/s1. The summed E-state index contributed by atoms with van der Waals surface area (Å²) >= 11 is 0. The van der Waals surface area contributed by atoms with Crippen molar-refractivity contribution in [3.63, 3.8) is 0 Å². The van der Waals surface area contributed by atoms with E-state index in [1.807, 2.05) is 6.08 Å². The minimum absolute atomic E-state index is 0.186. The van der Waals surface area contributed by atoms with Gasteiger partial charge in [0, 0.05) is 32.2 Å². The lowest BCUT2D eigenvalue weighted by molar-refractivity contribution is -0.142. The van der Waals surface area contributed by atoms with Crippen LogP contribution in [0.25, 0.3) is 0 Å². The highest BCUT2D eigenvalue weighted by Gasteiger charge is 2.28. The average Bonchev–Trinajstić information content (AvgIpc) is 2.30. The van der Waals surface area contributed by atoms with Crippen LogP contribution in [-0.2, 0) is 4.79 Å². The van der Waals surface area contributed by atoms with E-state index in [0.29, 0.717) is 12.5 Å². The molecule has 2 rings (SSSR count). The molecule has 1 aliphatic carbocycles. The summed E-state index contributed by atoms with van der Waals surface area (Å²) in [6, 6.07) is 0.337. The number of hydrogen-bond donors (Lipinski definition) is 1. The smallest absolute Gasteiger partial charge is 0.306 e. The molecule has 0 spiro atoms. The topological polar surface area (TPSA) is 43.8 Å². The number of hydrogen-bond acceptors (Lipinski definition) is 3. The third-order valence-corrected chi connectivity index (χ3v) is 3.66. The summed E-state index contributed by atoms with van der Waals surface area (Å²) in [5.41, 5.74) is 0. The summed E-state index contributed by atoms with van der Waals surface area (Å²) in [5, 5.41) is 9.04. The Hall–Kier alpha value is -0.870. The zero-order valence-electron chi connectivity index (χ0n) is 9.80. The third-order valence-electron chi connectivity index (χ3n) is 3.66. The van der Waals surface area contributed by atoms with Crippen LogP contribution < -0.4 is 0 Å². The molecule has 90 valence electrons. The van der Waals surface area contributed by atoms with Crippen molar-refractivity contribution in [3.05, 3.63) is 12.2 Å². The van der Waals surface area contributed by atoms with Gasteiger partial charge in [0.15, 0.2) is 0 Å². The molecule has 0 aromatic heterocycles. The van der Waals surface area contributed by atoms with Crippen molar-refractivity contribution >= 4 is 5.97 Å². The maximum absolute atomic E-state index is 11.0. The van der Waals surface area contributed by atoms with Crippen LogP contribution >= 0.6 is 0 Å². The average molecular weight is 224 g/mol. The number of carboxylic acid groups (broad SMARTS) is 1. The van der Waals surface area contributed by atoms with Crippen LogP contribution in [0.1, 0.15) is 12.8 Å². The number of rotatable bonds is 2. The fraction of sp³-hybridized carbons (Fsp3) is 0.750. The maximum Gasteiger partial charge on any atom is 0.306 e. The number of likely N-dealkylation sites (N-methyl/N-ethyl adjacent to an activating group) is 1. The van der Waals surface area contributed by atoms with Gasteiger partial charge in [-0.15, -0.1) is 0 Å². The van der Waals surface area contributed by atoms with Gasteiger partial charge in [-0.25, -0.2) is 0 Å². The summed E-state index contributed by atoms with van der Waals surface area (Å²) in [5.74, 6) is -0.835. The number of aliphatic carboxylic acids is 1. The van der Waals surface area contributed by atoms with Crippen molar-refractivity contribution in [1.29, 1.82) is 0 Å². The van der Waals surface area contributed by atoms with Gasteiger partial charge in [-0.2, -0.15) is 0 Å². The van der Waals surface area contributed by atoms with E-state index in [1.54, 1.807) is 0 Å². The van der Waals surface area contributed by atoms with Crippen molar-refractivity contribution in [1.82, 2.24) is 9.80 Å². The van der Waals surface area contributed by atoms with Crippen LogP contribution in [0.4, 0.5) is 0 Å². The molecule has 16 heavy (non-hydrogen) atoms. The summed E-state index contributed by atoms with van der Waals surface area (Å²) in [4.78, 5) is 15.7. The Morgan fingerprint density at radius 1 is 1.31 bits per heavy atom. The molecule has 1 fully saturated rings. The second-order valence-corrected chi connectivity index (χ2v) is 4.84. The van der Waals surface area contributed by atoms with Gasteiger partial charge in [0.25, 0.3) is 0 Å². The normalized spacial score (nSPS) is 32.8. The fourth-order valence-electron chi connectivity index (χ4n) is 2.49. The Balaban J connectivity index is 1.92. The second-order valence-electron chi connectivity index (χ2n) is 4.84. The maximum atomic E-state index is 11.0. The summed E-state index contributed by atoms with van der Waals surface area (Å²) in [7, 11) is 2.13. The third kappa shape index (κ3) is 2.62. The van der Waals surface area contributed by atoms with Crippen LogP contribution in [-0.4, -0.2) is 60.1 Å². The van der Waals surface area contributed by atoms with Gasteiger partial charge in [0.2, 0.25) is 0 Å². The van der Waals surface area contributed by atoms with Crippen LogP contribution in [0, 0.1) is 5.92 Å². The predicted octanol–water partition coefficient (Wildman–Crippen LogP) is 0.653. The van der Waals surface area contributed by atoms with Crippen molar-refractivity contribution in [2.45, 2.75) is 18.9 Å². The van der Waals surface area contributed by atoms with E-state index in [-0.39, 0.29) is 5.92 Å². The lowest BCUT2D eigenvalue weighted by Gasteiger charge is -2.38. The molecule has 2 atom stereocenters. The molecular weight excluding hydrogens is 204 g/mol. The van der Waals surface area contributed by atoms with Crippen LogP contribution in [0.2, 0.25) is 0 Å². The Kier molecular flexibility index (Phi) is 3.61. The van der Waals surface area contributed by atoms with Crippen molar-refractivity contribution < 1.29 is 9.90 Å². The van der Waals surface area contributed by atoms with E-state index < -0.39 is 5.97 Å². The van der Waals surface area contributed by atoms with Gasteiger partial charge in [0.05, 0.1) is 5.92 Å². The van der Waals surface area contributed by atoms with Crippen molar-refractivity contribution in [2.24, 2.45) is 5.92 Å².